The van der Waals surface area contributed by atoms with Crippen LogP contribution < -0.4 is 5.73 Å². The van der Waals surface area contributed by atoms with Crippen molar-refractivity contribution in [1.29, 1.82) is 0 Å². The summed E-state index contributed by atoms with van der Waals surface area (Å²) in [6.07, 6.45) is 6.41. The molecule has 3 N–H and O–H groups in total. The van der Waals surface area contributed by atoms with Gasteiger partial charge < -0.3 is 15.7 Å². The van der Waals surface area contributed by atoms with Crippen LogP contribution in [0.1, 0.15) is 38.5 Å². The average molecular weight is 211 g/mol. The number of hydrogen-bond donors (Lipinski definition) is 2. The van der Waals surface area contributed by atoms with Crippen LogP contribution in [0, 0.1) is 0 Å². The van der Waals surface area contributed by atoms with Gasteiger partial charge in [0.15, 0.2) is 5.96 Å². The second-order valence-corrected chi connectivity index (χ2v) is 4.95. The van der Waals surface area contributed by atoms with Gasteiger partial charge >= 0.3 is 0 Å². The second kappa shape index (κ2) is 4.00. The van der Waals surface area contributed by atoms with Crippen LogP contribution in [0.15, 0.2) is 4.99 Å². The molecule has 0 saturated heterocycles. The lowest BCUT2D eigenvalue weighted by atomic mass is 10.0. The van der Waals surface area contributed by atoms with Crippen molar-refractivity contribution in [3.05, 3.63) is 0 Å². The second-order valence-electron chi connectivity index (χ2n) is 4.95. The molecule has 2 aliphatic rings. The number of guanidine groups is 1. The van der Waals surface area contributed by atoms with E-state index < -0.39 is 5.60 Å². The summed E-state index contributed by atoms with van der Waals surface area (Å²) in [5, 5.41) is 10.1. The molecule has 0 bridgehead atoms. The maximum Gasteiger partial charge on any atom is 0.191 e. The van der Waals surface area contributed by atoms with E-state index in [1.54, 1.807) is 0 Å². The summed E-state index contributed by atoms with van der Waals surface area (Å²) in [5.41, 5.74) is 5.29. The maximum absolute atomic E-state index is 10.1. The number of aliphatic hydroxyl groups is 1. The molecule has 4 heteroatoms. The number of aliphatic imine (C=N–C) groups is 1. The fourth-order valence-electron chi connectivity index (χ4n) is 2.18. The number of nitrogens with two attached hydrogens (primary N) is 1. The zero-order valence-electron chi connectivity index (χ0n) is 9.45. The molecule has 0 spiro atoms. The minimum absolute atomic E-state index is 0.468. The Morgan fingerprint density at radius 1 is 1.47 bits per heavy atom. The number of rotatable bonds is 3. The minimum Gasteiger partial charge on any atom is -0.388 e. The van der Waals surface area contributed by atoms with E-state index in [0.29, 0.717) is 18.5 Å². The first kappa shape index (κ1) is 10.7. The quantitative estimate of drug-likeness (QED) is 0.533. The Labute approximate surface area is 91.2 Å². The van der Waals surface area contributed by atoms with Gasteiger partial charge in [-0.1, -0.05) is 12.8 Å². The van der Waals surface area contributed by atoms with E-state index in [4.69, 9.17) is 5.73 Å². The summed E-state index contributed by atoms with van der Waals surface area (Å²) in [7, 11) is 1.98. The molecular weight excluding hydrogens is 190 g/mol. The van der Waals surface area contributed by atoms with E-state index in [-0.39, 0.29) is 0 Å². The summed E-state index contributed by atoms with van der Waals surface area (Å²) in [6.45, 7) is 0.468. The molecule has 0 radical (unpaired) electrons. The SMILES string of the molecule is CN(C(N)=NCC1(O)CCCC1)C1CC1. The van der Waals surface area contributed by atoms with Crippen LogP contribution in [0.2, 0.25) is 0 Å². The first-order chi connectivity index (χ1) is 7.11. The van der Waals surface area contributed by atoms with Gasteiger partial charge in [-0.2, -0.15) is 0 Å². The van der Waals surface area contributed by atoms with Crippen LogP contribution >= 0.6 is 0 Å². The lowest BCUT2D eigenvalue weighted by Gasteiger charge is -2.22. The van der Waals surface area contributed by atoms with Gasteiger partial charge in [0, 0.05) is 13.1 Å². The highest BCUT2D eigenvalue weighted by Gasteiger charge is 2.32. The van der Waals surface area contributed by atoms with Crippen LogP contribution in [-0.2, 0) is 0 Å². The lowest BCUT2D eigenvalue weighted by Crippen LogP contribution is -2.38. The molecule has 0 heterocycles. The molecule has 0 aromatic rings. The smallest absolute Gasteiger partial charge is 0.191 e. The molecule has 0 unspecified atom stereocenters. The highest BCUT2D eigenvalue weighted by Crippen LogP contribution is 2.30. The monoisotopic (exact) mass is 211 g/mol. The van der Waals surface area contributed by atoms with E-state index in [1.165, 1.54) is 12.8 Å². The van der Waals surface area contributed by atoms with Gasteiger partial charge in [0.2, 0.25) is 0 Å². The summed E-state index contributed by atoms with van der Waals surface area (Å²) in [5.74, 6) is 0.581. The molecule has 0 atom stereocenters. The topological polar surface area (TPSA) is 61.8 Å². The molecule has 0 aromatic heterocycles. The zero-order valence-corrected chi connectivity index (χ0v) is 9.45. The van der Waals surface area contributed by atoms with Crippen molar-refractivity contribution in [2.75, 3.05) is 13.6 Å². The third-order valence-electron chi connectivity index (χ3n) is 3.53. The highest BCUT2D eigenvalue weighted by molar-refractivity contribution is 5.78. The molecular formula is C11H21N3O. The molecule has 2 rings (SSSR count). The van der Waals surface area contributed by atoms with Crippen LogP contribution in [0.3, 0.4) is 0 Å². The van der Waals surface area contributed by atoms with Gasteiger partial charge in [0.25, 0.3) is 0 Å². The Morgan fingerprint density at radius 2 is 2.07 bits per heavy atom. The Hall–Kier alpha value is -0.770. The average Bonchev–Trinajstić information content (AvgIpc) is 2.98. The summed E-state index contributed by atoms with van der Waals surface area (Å²) in [4.78, 5) is 6.34. The van der Waals surface area contributed by atoms with E-state index in [2.05, 4.69) is 4.99 Å². The Kier molecular flexibility index (Phi) is 2.87. The molecule has 0 aromatic carbocycles. The Balaban J connectivity index is 1.86. The minimum atomic E-state index is -0.574. The van der Waals surface area contributed by atoms with Gasteiger partial charge in [-0.25, -0.2) is 0 Å². The summed E-state index contributed by atoms with van der Waals surface area (Å²) >= 11 is 0. The van der Waals surface area contributed by atoms with Crippen molar-refractivity contribution in [2.45, 2.75) is 50.2 Å². The van der Waals surface area contributed by atoms with Crippen LogP contribution in [0.5, 0.6) is 0 Å². The molecule has 0 aliphatic heterocycles. The van der Waals surface area contributed by atoms with Gasteiger partial charge in [0.1, 0.15) is 0 Å². The molecule has 15 heavy (non-hydrogen) atoms. The summed E-state index contributed by atoms with van der Waals surface area (Å²) in [6, 6.07) is 0.590. The largest absolute Gasteiger partial charge is 0.388 e. The van der Waals surface area contributed by atoms with Crippen molar-refractivity contribution in [3.8, 4) is 0 Å². The van der Waals surface area contributed by atoms with Crippen molar-refractivity contribution in [2.24, 2.45) is 10.7 Å². The van der Waals surface area contributed by atoms with Crippen LogP contribution in [0.4, 0.5) is 0 Å². The molecule has 86 valence electrons. The van der Waals surface area contributed by atoms with Crippen molar-refractivity contribution in [1.82, 2.24) is 4.90 Å². The number of hydrogen-bond acceptors (Lipinski definition) is 2. The zero-order chi connectivity index (χ0) is 10.9. The van der Waals surface area contributed by atoms with Crippen molar-refractivity contribution in [3.63, 3.8) is 0 Å². The normalized spacial score (nSPS) is 25.6. The van der Waals surface area contributed by atoms with Crippen LogP contribution in [-0.4, -0.2) is 41.2 Å². The standard InChI is InChI=1S/C11H21N3O/c1-14(9-4-5-9)10(12)13-8-11(15)6-2-3-7-11/h9,15H,2-8H2,1H3,(H2,12,13). The van der Waals surface area contributed by atoms with Gasteiger partial charge in [-0.15, -0.1) is 0 Å². The third-order valence-corrected chi connectivity index (χ3v) is 3.53. The maximum atomic E-state index is 10.1. The lowest BCUT2D eigenvalue weighted by molar-refractivity contribution is 0.0572. The van der Waals surface area contributed by atoms with E-state index >= 15 is 0 Å². The highest BCUT2D eigenvalue weighted by atomic mass is 16.3. The molecule has 2 fully saturated rings. The third kappa shape index (κ3) is 2.62. The van der Waals surface area contributed by atoms with E-state index in [0.717, 1.165) is 25.7 Å². The fourth-order valence-corrected chi connectivity index (χ4v) is 2.18. The van der Waals surface area contributed by atoms with Gasteiger partial charge in [-0.3, -0.25) is 4.99 Å². The number of nitrogens with zero attached hydrogens (tertiary/aromatic N) is 2. The molecule has 2 aliphatic carbocycles. The van der Waals surface area contributed by atoms with Gasteiger partial charge in [-0.05, 0) is 25.7 Å². The van der Waals surface area contributed by atoms with Crippen LogP contribution in [0.25, 0.3) is 0 Å². The predicted octanol–water partition coefficient (Wildman–Crippen LogP) is 0.700. The first-order valence-electron chi connectivity index (χ1n) is 5.86. The van der Waals surface area contributed by atoms with Gasteiger partial charge in [0.05, 0.1) is 12.1 Å². The van der Waals surface area contributed by atoms with E-state index in [1.807, 2.05) is 11.9 Å². The summed E-state index contributed by atoms with van der Waals surface area (Å²) < 4.78 is 0. The van der Waals surface area contributed by atoms with Crippen molar-refractivity contribution < 1.29 is 5.11 Å². The molecule has 0 amide bonds. The predicted molar refractivity (Wildman–Crippen MR) is 60.7 cm³/mol. The Morgan fingerprint density at radius 3 is 2.60 bits per heavy atom. The Bertz CT molecular complexity index is 255. The fraction of sp³-hybridized carbons (Fsp3) is 0.909. The molecule has 4 nitrogen and oxygen atoms in total. The van der Waals surface area contributed by atoms with Crippen molar-refractivity contribution >= 4 is 5.96 Å². The first-order valence-corrected chi connectivity index (χ1v) is 5.86. The molecule has 2 saturated carbocycles. The van der Waals surface area contributed by atoms with E-state index in [9.17, 15) is 5.11 Å².